The molecule has 0 aliphatic carbocycles. The highest BCUT2D eigenvalue weighted by atomic mass is 32.2. The van der Waals surface area contributed by atoms with Gasteiger partial charge in [-0.05, 0) is 24.0 Å². The van der Waals surface area contributed by atoms with Crippen LogP contribution < -0.4 is 5.32 Å². The lowest BCUT2D eigenvalue weighted by atomic mass is 9.88. The molecule has 1 fully saturated rings. The van der Waals surface area contributed by atoms with E-state index in [0.29, 0.717) is 11.5 Å². The Morgan fingerprint density at radius 2 is 2.33 bits per heavy atom. The van der Waals surface area contributed by atoms with Crippen molar-refractivity contribution in [1.82, 2.24) is 15.1 Å². The molecule has 0 bridgehead atoms. The largest absolute Gasteiger partial charge is 0.309 e. The lowest BCUT2D eigenvalue weighted by molar-refractivity contribution is 0.317. The van der Waals surface area contributed by atoms with E-state index in [2.05, 4.69) is 49.1 Å². The van der Waals surface area contributed by atoms with Gasteiger partial charge in [0.05, 0.1) is 5.69 Å². The minimum Gasteiger partial charge on any atom is -0.309 e. The average Bonchev–Trinajstić information content (AvgIpc) is 2.66. The van der Waals surface area contributed by atoms with Gasteiger partial charge in [0.2, 0.25) is 0 Å². The van der Waals surface area contributed by atoms with Crippen molar-refractivity contribution in [2.45, 2.75) is 46.2 Å². The Balaban J connectivity index is 1.91. The van der Waals surface area contributed by atoms with Crippen LogP contribution >= 0.6 is 11.8 Å². The molecule has 2 heterocycles. The van der Waals surface area contributed by atoms with Crippen molar-refractivity contribution in [3.05, 3.63) is 17.5 Å². The minimum atomic E-state index is 0.475. The van der Waals surface area contributed by atoms with E-state index in [4.69, 9.17) is 0 Å². The van der Waals surface area contributed by atoms with Crippen LogP contribution in [0.5, 0.6) is 0 Å². The first kappa shape index (κ1) is 13.9. The van der Waals surface area contributed by atoms with E-state index >= 15 is 0 Å². The van der Waals surface area contributed by atoms with Crippen LogP contribution in [-0.4, -0.2) is 27.3 Å². The van der Waals surface area contributed by atoms with Crippen molar-refractivity contribution in [2.24, 2.45) is 12.5 Å². The third-order valence-electron chi connectivity index (χ3n) is 3.52. The van der Waals surface area contributed by atoms with Crippen LogP contribution in [-0.2, 0) is 20.0 Å². The summed E-state index contributed by atoms with van der Waals surface area (Å²) in [6.07, 6.45) is 4.44. The lowest BCUT2D eigenvalue weighted by Crippen LogP contribution is -2.40. The number of hydrogen-bond acceptors (Lipinski definition) is 3. The molecule has 1 aromatic heterocycles. The van der Waals surface area contributed by atoms with Crippen LogP contribution in [0.4, 0.5) is 0 Å². The van der Waals surface area contributed by atoms with Gasteiger partial charge in [-0.3, -0.25) is 4.68 Å². The van der Waals surface area contributed by atoms with Crippen molar-refractivity contribution >= 4 is 11.8 Å². The SMILES string of the molecule is CCc1nn(C)cc1CNC1CSCC(C)(C)C1. The molecule has 1 N–H and O–H groups in total. The maximum atomic E-state index is 4.49. The molecule has 102 valence electrons. The predicted molar refractivity (Wildman–Crippen MR) is 78.9 cm³/mol. The molecule has 0 spiro atoms. The predicted octanol–water partition coefficient (Wildman–Crippen LogP) is 2.60. The summed E-state index contributed by atoms with van der Waals surface area (Å²) in [6.45, 7) is 7.87. The van der Waals surface area contributed by atoms with E-state index in [9.17, 15) is 0 Å². The molecule has 1 unspecified atom stereocenters. The first-order chi connectivity index (χ1) is 8.50. The van der Waals surface area contributed by atoms with Gasteiger partial charge in [0.15, 0.2) is 0 Å². The molecule has 0 amide bonds. The van der Waals surface area contributed by atoms with Gasteiger partial charge in [0, 0.05) is 37.1 Å². The first-order valence-electron chi connectivity index (χ1n) is 6.83. The Bertz CT molecular complexity index is 398. The zero-order valence-electron chi connectivity index (χ0n) is 12.0. The van der Waals surface area contributed by atoms with Gasteiger partial charge in [-0.1, -0.05) is 20.8 Å². The highest BCUT2D eigenvalue weighted by Crippen LogP contribution is 2.33. The standard InChI is InChI=1S/C14H25N3S/c1-5-13-11(8-17(4)16-13)7-15-12-6-14(2,3)10-18-9-12/h8,12,15H,5-7,9-10H2,1-4H3. The Morgan fingerprint density at radius 3 is 3.00 bits per heavy atom. The minimum absolute atomic E-state index is 0.475. The summed E-state index contributed by atoms with van der Waals surface area (Å²) < 4.78 is 1.93. The number of nitrogens with one attached hydrogen (secondary N) is 1. The molecule has 1 aliphatic heterocycles. The van der Waals surface area contributed by atoms with Crippen molar-refractivity contribution in [1.29, 1.82) is 0 Å². The smallest absolute Gasteiger partial charge is 0.0666 e. The number of aromatic nitrogens is 2. The van der Waals surface area contributed by atoms with Gasteiger partial charge in [-0.2, -0.15) is 16.9 Å². The van der Waals surface area contributed by atoms with Gasteiger partial charge in [-0.25, -0.2) is 0 Å². The Labute approximate surface area is 115 Å². The zero-order valence-corrected chi connectivity index (χ0v) is 12.8. The zero-order chi connectivity index (χ0) is 13.2. The average molecular weight is 267 g/mol. The van der Waals surface area contributed by atoms with Crippen LogP contribution in [0.3, 0.4) is 0 Å². The second-order valence-corrected chi connectivity index (χ2v) is 7.12. The van der Waals surface area contributed by atoms with Gasteiger partial charge in [-0.15, -0.1) is 0 Å². The van der Waals surface area contributed by atoms with Crippen LogP contribution in [0.2, 0.25) is 0 Å². The highest BCUT2D eigenvalue weighted by Gasteiger charge is 2.28. The molecule has 1 aliphatic rings. The van der Waals surface area contributed by atoms with E-state index in [1.165, 1.54) is 29.2 Å². The van der Waals surface area contributed by atoms with Gasteiger partial charge >= 0.3 is 0 Å². The van der Waals surface area contributed by atoms with Crippen molar-refractivity contribution in [3.8, 4) is 0 Å². The van der Waals surface area contributed by atoms with E-state index in [-0.39, 0.29) is 0 Å². The summed E-state index contributed by atoms with van der Waals surface area (Å²) in [5.41, 5.74) is 3.06. The van der Waals surface area contributed by atoms with Crippen LogP contribution in [0.25, 0.3) is 0 Å². The molecule has 4 heteroatoms. The number of thioether (sulfide) groups is 1. The molecule has 1 aromatic rings. The van der Waals surface area contributed by atoms with E-state index in [1.807, 2.05) is 11.7 Å². The van der Waals surface area contributed by atoms with E-state index < -0.39 is 0 Å². The summed E-state index contributed by atoms with van der Waals surface area (Å²) in [4.78, 5) is 0. The molecule has 3 nitrogen and oxygen atoms in total. The molecule has 0 saturated carbocycles. The number of rotatable bonds is 4. The van der Waals surface area contributed by atoms with Crippen LogP contribution in [0.1, 0.15) is 38.4 Å². The molecule has 2 rings (SSSR count). The fraction of sp³-hybridized carbons (Fsp3) is 0.786. The summed E-state index contributed by atoms with van der Waals surface area (Å²) in [5, 5.41) is 8.20. The van der Waals surface area contributed by atoms with E-state index in [0.717, 1.165) is 13.0 Å². The normalized spacial score (nSPS) is 23.2. The van der Waals surface area contributed by atoms with Crippen molar-refractivity contribution < 1.29 is 0 Å². The molecule has 0 aromatic carbocycles. The summed E-state index contributed by atoms with van der Waals surface area (Å²) in [5.74, 6) is 2.53. The van der Waals surface area contributed by atoms with Crippen LogP contribution in [0, 0.1) is 5.41 Å². The Morgan fingerprint density at radius 1 is 1.56 bits per heavy atom. The number of aryl methyl sites for hydroxylation is 2. The van der Waals surface area contributed by atoms with E-state index in [1.54, 1.807) is 0 Å². The third kappa shape index (κ3) is 3.51. The molecule has 1 atom stereocenters. The Kier molecular flexibility index (Phi) is 4.38. The second-order valence-electron chi connectivity index (χ2n) is 6.09. The monoisotopic (exact) mass is 267 g/mol. The quantitative estimate of drug-likeness (QED) is 0.909. The van der Waals surface area contributed by atoms with Gasteiger partial charge in [0.25, 0.3) is 0 Å². The fourth-order valence-corrected chi connectivity index (χ4v) is 3.99. The number of nitrogens with zero attached hydrogens (tertiary/aromatic N) is 2. The Hall–Kier alpha value is -0.480. The van der Waals surface area contributed by atoms with Gasteiger partial charge < -0.3 is 5.32 Å². The topological polar surface area (TPSA) is 29.9 Å². The molecular weight excluding hydrogens is 242 g/mol. The maximum Gasteiger partial charge on any atom is 0.0666 e. The first-order valence-corrected chi connectivity index (χ1v) is 7.98. The third-order valence-corrected chi connectivity index (χ3v) is 5.14. The van der Waals surface area contributed by atoms with Gasteiger partial charge in [0.1, 0.15) is 0 Å². The second kappa shape index (κ2) is 5.66. The molecule has 1 saturated heterocycles. The number of hydrogen-bond donors (Lipinski definition) is 1. The maximum absolute atomic E-state index is 4.49. The van der Waals surface area contributed by atoms with Crippen LogP contribution in [0.15, 0.2) is 6.20 Å². The fourth-order valence-electron chi connectivity index (χ4n) is 2.68. The van der Waals surface area contributed by atoms with Crippen molar-refractivity contribution in [2.75, 3.05) is 11.5 Å². The molecule has 18 heavy (non-hydrogen) atoms. The molecule has 0 radical (unpaired) electrons. The summed E-state index contributed by atoms with van der Waals surface area (Å²) in [6, 6.07) is 0.642. The summed E-state index contributed by atoms with van der Waals surface area (Å²) in [7, 11) is 2.00. The molecular formula is C14H25N3S. The lowest BCUT2D eigenvalue weighted by Gasteiger charge is -2.35. The summed E-state index contributed by atoms with van der Waals surface area (Å²) >= 11 is 2.08. The highest BCUT2D eigenvalue weighted by molar-refractivity contribution is 7.99. The van der Waals surface area contributed by atoms with Crippen molar-refractivity contribution in [3.63, 3.8) is 0 Å².